The standard InChI is InChI=1S/C32H22NO2S.2C31H21N2O2S.C27H22NOS/c1-17-8-10-19-21-11-9-18(2)31(32(21)35-26(19)12-17)25-13-22-23-15-30-24(20-6-4-5-7-29(20)36-30)14-27(23)34-28(22)16-33(25)3;1-16-8-10-19-20-11-9-17(2)32-31(20)35-30(19)29(16)24-12-21-22-14-28-23(18-6-4-5-7-27(18)36-28)13-25(22)34-26(21)15-33(24)3;1-16-8-10-18-20-11-9-17(2)32-31(20)35-29(18)27(16)23-14-24-22(15-33(23)3)19-12-13-26-28(30(19)34-24)21-6-4-5-7-25(21)36-26;1-15-8-10-18-19-11-9-16(2)23(25(19)29-22(18)14-15)24-27-21(12-13-28(24)4)20-7-5-6-17(3)26(20)30-27/h4-16H,1-3H3;2*4-15H,1-3H3;5-14H,1-4H3/q4*+1. The number of rotatable bonds is 4. The molecule has 0 saturated carbocycles. The number of hydrogen-bond donors (Lipinski definition) is 0. The van der Waals surface area contributed by atoms with Crippen LogP contribution in [-0.4, -0.2) is 9.97 Å². The number of fused-ring (bicyclic) bond motifs is 34. The maximum atomic E-state index is 6.63. The van der Waals surface area contributed by atoms with Crippen molar-refractivity contribution in [3.05, 3.63) is 336 Å². The van der Waals surface area contributed by atoms with Crippen LogP contribution in [0.4, 0.5) is 0 Å². The summed E-state index contributed by atoms with van der Waals surface area (Å²) in [5.74, 6) is 0. The third-order valence-electron chi connectivity index (χ3n) is 28.4. The Morgan fingerprint density at radius 1 is 0.225 bits per heavy atom. The first-order valence-corrected chi connectivity index (χ1v) is 49.7. The Balaban J connectivity index is 0.0000000931. The number of benzene rings is 13. The largest absolute Gasteiger partial charge is 0.455 e. The highest BCUT2D eigenvalue weighted by Crippen LogP contribution is 2.50. The Labute approximate surface area is 804 Å². The Kier molecular flexibility index (Phi) is 18.1. The Morgan fingerprint density at radius 3 is 1.17 bits per heavy atom. The van der Waals surface area contributed by atoms with Crippen molar-refractivity contribution in [1.82, 2.24) is 9.97 Å². The molecule has 30 aromatic rings. The lowest BCUT2D eigenvalue weighted by molar-refractivity contribution is -0.659. The van der Waals surface area contributed by atoms with Crippen molar-refractivity contribution in [2.45, 2.75) is 62.3 Å². The molecule has 13 nitrogen and oxygen atoms in total. The fraction of sp³-hybridized carbons (Fsp3) is 0.107. The maximum absolute atomic E-state index is 6.63. The molecule has 0 atom stereocenters. The molecule has 13 aromatic carbocycles. The average molecular weight is 1860 g/mol. The van der Waals surface area contributed by atoms with Crippen LogP contribution < -0.4 is 18.3 Å². The molecule has 0 radical (unpaired) electrons. The fourth-order valence-corrected chi connectivity index (χ4v) is 26.2. The molecule has 0 unspecified atom stereocenters. The topological polar surface area (TPSA) is 133 Å². The van der Waals surface area contributed by atoms with Gasteiger partial charge in [0.1, 0.15) is 77.6 Å². The predicted octanol–water partition coefficient (Wildman–Crippen LogP) is 33.0. The third kappa shape index (κ3) is 12.5. The van der Waals surface area contributed by atoms with E-state index in [1.54, 1.807) is 0 Å². The molecular weight excluding hydrogens is 1780 g/mol. The van der Waals surface area contributed by atoms with Gasteiger partial charge in [-0.25, -0.2) is 14.5 Å². The Hall–Kier alpha value is -15.8. The zero-order chi connectivity index (χ0) is 93.0. The summed E-state index contributed by atoms with van der Waals surface area (Å²) in [4.78, 5) is 9.28. The maximum Gasteiger partial charge on any atom is 0.234 e. The summed E-state index contributed by atoms with van der Waals surface area (Å²) in [6, 6.07) is 93.2. The molecule has 0 spiro atoms. The van der Waals surface area contributed by atoms with Gasteiger partial charge in [0.15, 0.2) is 34.7 Å². The van der Waals surface area contributed by atoms with Crippen LogP contribution in [0.1, 0.15) is 50.3 Å². The van der Waals surface area contributed by atoms with Crippen LogP contribution in [0.25, 0.3) is 280 Å². The molecule has 17 aromatic heterocycles. The highest BCUT2D eigenvalue weighted by atomic mass is 32.1. The third-order valence-corrected chi connectivity index (χ3v) is 33.2. The molecule has 0 fully saturated rings. The van der Waals surface area contributed by atoms with Gasteiger partial charge in [-0.15, -0.1) is 45.3 Å². The van der Waals surface area contributed by atoms with Gasteiger partial charge in [-0.05, 0) is 192 Å². The molecule has 0 amide bonds. The number of aromatic nitrogens is 6. The lowest BCUT2D eigenvalue weighted by Gasteiger charge is -2.06. The lowest BCUT2D eigenvalue weighted by Crippen LogP contribution is -2.30. The van der Waals surface area contributed by atoms with Crippen LogP contribution in [0.15, 0.2) is 317 Å². The van der Waals surface area contributed by atoms with Crippen molar-refractivity contribution in [3.63, 3.8) is 0 Å². The monoisotopic (exact) mass is 1860 g/mol. The van der Waals surface area contributed by atoms with Crippen molar-refractivity contribution >= 4 is 280 Å². The van der Waals surface area contributed by atoms with Gasteiger partial charge in [-0.3, -0.25) is 0 Å². The van der Waals surface area contributed by atoms with Gasteiger partial charge in [-0.1, -0.05) is 146 Å². The summed E-state index contributed by atoms with van der Waals surface area (Å²) in [5, 5.41) is 25.8. The average Bonchev–Trinajstić information content (AvgIpc) is 1.58. The number of thiophene rings is 4. The van der Waals surface area contributed by atoms with E-state index in [1.807, 2.05) is 71.3 Å². The van der Waals surface area contributed by atoms with Crippen LogP contribution in [0.2, 0.25) is 0 Å². The lowest BCUT2D eigenvalue weighted by atomic mass is 9.99. The quantitative estimate of drug-likeness (QED) is 0.158. The minimum atomic E-state index is 0.677. The number of nitrogens with zero attached hydrogens (tertiary/aromatic N) is 6. The summed E-state index contributed by atoms with van der Waals surface area (Å²) in [7, 11) is 8.38. The number of furan rings is 7. The van der Waals surface area contributed by atoms with Gasteiger partial charge in [0.2, 0.25) is 46.6 Å². The zero-order valence-electron chi connectivity index (χ0n) is 77.8. The molecule has 0 aliphatic heterocycles. The van der Waals surface area contributed by atoms with Crippen molar-refractivity contribution < 1.29 is 49.2 Å². The Morgan fingerprint density at radius 2 is 0.623 bits per heavy atom. The molecule has 0 aliphatic carbocycles. The van der Waals surface area contributed by atoms with Gasteiger partial charge < -0.3 is 30.9 Å². The normalized spacial score (nSPS) is 12.2. The molecule has 0 N–H and O–H groups in total. The minimum absolute atomic E-state index is 0.677. The molecule has 0 aliphatic rings. The summed E-state index contributed by atoms with van der Waals surface area (Å²) < 4.78 is 64.2. The van der Waals surface area contributed by atoms with Crippen LogP contribution >= 0.6 is 45.3 Å². The number of pyridine rings is 6. The van der Waals surface area contributed by atoms with E-state index in [4.69, 9.17) is 30.9 Å². The van der Waals surface area contributed by atoms with Crippen LogP contribution in [-0.2, 0) is 28.2 Å². The second kappa shape index (κ2) is 30.6. The van der Waals surface area contributed by atoms with E-state index in [2.05, 4.69) is 378 Å². The first kappa shape index (κ1) is 81.8. The molecule has 17 heterocycles. The molecule has 662 valence electrons. The smallest absolute Gasteiger partial charge is 0.234 e. The first-order valence-electron chi connectivity index (χ1n) is 46.5. The predicted molar refractivity (Wildman–Crippen MR) is 573 cm³/mol. The van der Waals surface area contributed by atoms with E-state index < -0.39 is 0 Å². The number of aryl methyl sites for hydroxylation is 13. The molecule has 0 saturated heterocycles. The summed E-state index contributed by atoms with van der Waals surface area (Å²) in [6.45, 7) is 19.0. The molecule has 17 heteroatoms. The molecule has 30 rings (SSSR count). The van der Waals surface area contributed by atoms with Crippen LogP contribution in [0, 0.1) is 62.3 Å². The summed E-state index contributed by atoms with van der Waals surface area (Å²) in [6.07, 6.45) is 8.54. The van der Waals surface area contributed by atoms with E-state index in [0.717, 1.165) is 188 Å². The van der Waals surface area contributed by atoms with Gasteiger partial charge in [0.05, 0.1) is 33.7 Å². The zero-order valence-corrected chi connectivity index (χ0v) is 81.1. The fourth-order valence-electron chi connectivity index (χ4n) is 21.5. The van der Waals surface area contributed by atoms with Crippen molar-refractivity contribution in [2.24, 2.45) is 28.2 Å². The summed E-state index contributed by atoms with van der Waals surface area (Å²) >= 11 is 7.37. The summed E-state index contributed by atoms with van der Waals surface area (Å²) in [5.41, 5.74) is 31.7. The van der Waals surface area contributed by atoms with Crippen molar-refractivity contribution in [3.8, 4) is 45.0 Å². The molecule has 138 heavy (non-hydrogen) atoms. The molecular formula is C121H86N6O7S4+4. The van der Waals surface area contributed by atoms with E-state index in [1.165, 1.54) is 131 Å². The second-order valence-corrected chi connectivity index (χ2v) is 41.6. The van der Waals surface area contributed by atoms with Gasteiger partial charge in [-0.2, -0.15) is 13.7 Å². The highest BCUT2D eigenvalue weighted by Gasteiger charge is 2.32. The highest BCUT2D eigenvalue weighted by molar-refractivity contribution is 7.27. The second-order valence-electron chi connectivity index (χ2n) is 37.4. The van der Waals surface area contributed by atoms with E-state index in [-0.39, 0.29) is 0 Å². The van der Waals surface area contributed by atoms with Gasteiger partial charge in [0, 0.05) is 176 Å². The van der Waals surface area contributed by atoms with Gasteiger partial charge >= 0.3 is 0 Å². The number of hydrogen-bond acceptors (Lipinski definition) is 13. The minimum Gasteiger partial charge on any atom is -0.455 e. The van der Waals surface area contributed by atoms with Crippen LogP contribution in [0.3, 0.4) is 0 Å². The Bertz CT molecular complexity index is 10300. The van der Waals surface area contributed by atoms with E-state index in [0.29, 0.717) is 11.4 Å². The van der Waals surface area contributed by atoms with Crippen LogP contribution in [0.5, 0.6) is 0 Å². The van der Waals surface area contributed by atoms with Gasteiger partial charge in [0.25, 0.3) is 0 Å². The van der Waals surface area contributed by atoms with Crippen molar-refractivity contribution in [2.75, 3.05) is 0 Å². The molecule has 0 bridgehead atoms. The first-order chi connectivity index (χ1) is 67.2. The van der Waals surface area contributed by atoms with Crippen molar-refractivity contribution in [1.29, 1.82) is 0 Å². The SMILES string of the molecule is Cc1ccc2c(c1)oc1c(-c3c4sc5c(C)cccc5c4cc[n+]3C)c(C)ccc12.Cc1ccc2c(c1)oc1c(-c3cc4c(c[n+]3C)oc3cc5c(cc34)sc3ccccc35)c(C)ccc12.Cc1ccc2c(n1)oc1c(-c3cc4c(c[n+]3C)oc3cc5c(cc34)sc3ccccc35)c(C)ccc12.Cc1ccc2c(n1)oc1c(-c3cc4oc5c(ccc6sc7ccccc7c65)c4c[n+]3C)c(C)ccc12. The van der Waals surface area contributed by atoms with E-state index in [9.17, 15) is 0 Å². The van der Waals surface area contributed by atoms with E-state index >= 15 is 0 Å².